The number of nitrogens with one attached hydrogen (secondary N) is 1. The summed E-state index contributed by atoms with van der Waals surface area (Å²) < 4.78 is 0. The fraction of sp³-hybridized carbons (Fsp3) is 0.667. The molecule has 0 atom stereocenters. The summed E-state index contributed by atoms with van der Waals surface area (Å²) in [5.74, 6) is -0.407. The molecule has 0 fully saturated rings. The fourth-order valence-corrected chi connectivity index (χ4v) is 0.348. The Morgan fingerprint density at radius 2 is 2.30 bits per heavy atom. The number of rotatable bonds is 3. The number of hydrogen-bond acceptors (Lipinski definition) is 3. The van der Waals surface area contributed by atoms with E-state index in [1.165, 1.54) is 0 Å². The highest BCUT2D eigenvalue weighted by molar-refractivity contribution is 5.80. The van der Waals surface area contributed by atoms with Crippen molar-refractivity contribution in [1.29, 1.82) is 5.26 Å². The topological polar surface area (TPSA) is 78.9 Å². The van der Waals surface area contributed by atoms with Crippen LogP contribution in [0.2, 0.25) is 0 Å². The highest BCUT2D eigenvalue weighted by Crippen LogP contribution is 2.10. The highest BCUT2D eigenvalue weighted by Gasteiger charge is 2.23. The van der Waals surface area contributed by atoms with Crippen molar-refractivity contribution in [2.75, 3.05) is 6.54 Å². The molecule has 1 amide bonds. The second-order valence-electron chi connectivity index (χ2n) is 2.71. The summed E-state index contributed by atoms with van der Waals surface area (Å²) >= 11 is 0. The first kappa shape index (κ1) is 8.76. The van der Waals surface area contributed by atoms with E-state index in [9.17, 15) is 4.79 Å². The molecule has 0 bridgehead atoms. The summed E-state index contributed by atoms with van der Waals surface area (Å²) in [7, 11) is 0. The van der Waals surface area contributed by atoms with Crippen LogP contribution in [0.1, 0.15) is 13.8 Å². The maximum absolute atomic E-state index is 10.6. The van der Waals surface area contributed by atoms with Crippen molar-refractivity contribution in [2.24, 2.45) is 11.1 Å². The first-order valence-corrected chi connectivity index (χ1v) is 2.92. The standard InChI is InChI=1S/C6H11N3O/c1-6(2,5(8)10)3-9-4-7/h9H,3H2,1-2H3,(H2,8,10). The number of nitrogens with two attached hydrogens (primary N) is 1. The molecular weight excluding hydrogens is 130 g/mol. The largest absolute Gasteiger partial charge is 0.369 e. The number of carbonyl (C=O) groups excluding carboxylic acids is 1. The number of hydrogen-bond donors (Lipinski definition) is 2. The number of carbonyl (C=O) groups is 1. The quantitative estimate of drug-likeness (QED) is 0.413. The maximum atomic E-state index is 10.6. The van der Waals surface area contributed by atoms with Gasteiger partial charge in [-0.25, -0.2) is 0 Å². The number of amides is 1. The van der Waals surface area contributed by atoms with E-state index < -0.39 is 11.3 Å². The molecule has 56 valence electrons. The molecule has 3 N–H and O–H groups in total. The molecule has 0 saturated carbocycles. The number of primary amides is 1. The van der Waals surface area contributed by atoms with Crippen molar-refractivity contribution in [3.8, 4) is 6.19 Å². The lowest BCUT2D eigenvalue weighted by molar-refractivity contribution is -0.125. The van der Waals surface area contributed by atoms with Gasteiger partial charge in [-0.2, -0.15) is 5.26 Å². The van der Waals surface area contributed by atoms with Gasteiger partial charge in [-0.15, -0.1) is 0 Å². The normalized spacial score (nSPS) is 10.1. The van der Waals surface area contributed by atoms with Crippen LogP contribution in [0.4, 0.5) is 0 Å². The third kappa shape index (κ3) is 2.35. The Labute approximate surface area is 60.0 Å². The van der Waals surface area contributed by atoms with Gasteiger partial charge in [0, 0.05) is 6.54 Å². The van der Waals surface area contributed by atoms with Crippen LogP contribution in [0.15, 0.2) is 0 Å². The molecule has 0 heterocycles. The highest BCUT2D eigenvalue weighted by atomic mass is 16.1. The minimum atomic E-state index is -0.643. The van der Waals surface area contributed by atoms with Crippen LogP contribution < -0.4 is 11.1 Å². The van der Waals surface area contributed by atoms with E-state index >= 15 is 0 Å². The summed E-state index contributed by atoms with van der Waals surface area (Å²) in [4.78, 5) is 10.6. The van der Waals surface area contributed by atoms with Gasteiger partial charge in [0.15, 0.2) is 6.19 Å². The van der Waals surface area contributed by atoms with E-state index in [0.29, 0.717) is 6.54 Å². The smallest absolute Gasteiger partial charge is 0.224 e. The van der Waals surface area contributed by atoms with Crippen LogP contribution in [0.25, 0.3) is 0 Å². The lowest BCUT2D eigenvalue weighted by Crippen LogP contribution is -2.39. The van der Waals surface area contributed by atoms with Crippen molar-refractivity contribution in [2.45, 2.75) is 13.8 Å². The van der Waals surface area contributed by atoms with Gasteiger partial charge in [0.05, 0.1) is 5.41 Å². The minimum Gasteiger partial charge on any atom is -0.369 e. The van der Waals surface area contributed by atoms with Crippen LogP contribution in [0.3, 0.4) is 0 Å². The lowest BCUT2D eigenvalue weighted by atomic mass is 9.93. The van der Waals surface area contributed by atoms with Gasteiger partial charge < -0.3 is 11.1 Å². The molecule has 0 aromatic carbocycles. The third-order valence-electron chi connectivity index (χ3n) is 1.28. The van der Waals surface area contributed by atoms with Gasteiger partial charge in [-0.3, -0.25) is 4.79 Å². The molecule has 0 rings (SSSR count). The van der Waals surface area contributed by atoms with Crippen molar-refractivity contribution in [3.05, 3.63) is 0 Å². The molecule has 0 spiro atoms. The second kappa shape index (κ2) is 3.06. The zero-order chi connectivity index (χ0) is 8.20. The van der Waals surface area contributed by atoms with Crippen LogP contribution in [0, 0.1) is 16.9 Å². The van der Waals surface area contributed by atoms with Crippen LogP contribution in [-0.4, -0.2) is 12.5 Å². The summed E-state index contributed by atoms with van der Waals surface area (Å²) in [6.45, 7) is 3.65. The van der Waals surface area contributed by atoms with Crippen LogP contribution in [-0.2, 0) is 4.79 Å². The van der Waals surface area contributed by atoms with E-state index in [4.69, 9.17) is 11.0 Å². The molecule has 0 aliphatic heterocycles. The first-order chi connectivity index (χ1) is 4.50. The van der Waals surface area contributed by atoms with E-state index in [-0.39, 0.29) is 0 Å². The van der Waals surface area contributed by atoms with Gasteiger partial charge >= 0.3 is 0 Å². The summed E-state index contributed by atoms with van der Waals surface area (Å²) in [6.07, 6.45) is 1.72. The first-order valence-electron chi connectivity index (χ1n) is 2.92. The SMILES string of the molecule is CC(C)(CNC#N)C(N)=O. The molecule has 4 heteroatoms. The molecule has 0 aromatic rings. The Kier molecular flexibility index (Phi) is 2.68. The fourth-order valence-electron chi connectivity index (χ4n) is 0.348. The predicted molar refractivity (Wildman–Crippen MR) is 36.6 cm³/mol. The Morgan fingerprint density at radius 3 is 2.60 bits per heavy atom. The van der Waals surface area contributed by atoms with Crippen molar-refractivity contribution in [1.82, 2.24) is 5.32 Å². The molecule has 10 heavy (non-hydrogen) atoms. The monoisotopic (exact) mass is 141 g/mol. The molecule has 0 unspecified atom stereocenters. The Bertz CT molecular complexity index is 168. The Hall–Kier alpha value is -1.24. The van der Waals surface area contributed by atoms with Gasteiger partial charge in [0.1, 0.15) is 0 Å². The van der Waals surface area contributed by atoms with Crippen LogP contribution >= 0.6 is 0 Å². The Morgan fingerprint density at radius 1 is 1.80 bits per heavy atom. The van der Waals surface area contributed by atoms with Crippen LogP contribution in [0.5, 0.6) is 0 Å². The third-order valence-corrected chi connectivity index (χ3v) is 1.28. The molecule has 0 aliphatic carbocycles. The molecular formula is C6H11N3O. The zero-order valence-electron chi connectivity index (χ0n) is 6.14. The molecule has 0 saturated heterocycles. The van der Waals surface area contributed by atoms with Crippen molar-refractivity contribution in [3.63, 3.8) is 0 Å². The zero-order valence-corrected chi connectivity index (χ0v) is 6.14. The number of nitrogens with zero attached hydrogens (tertiary/aromatic N) is 1. The van der Waals surface area contributed by atoms with Crippen molar-refractivity contribution < 1.29 is 4.79 Å². The summed E-state index contributed by atoms with van der Waals surface area (Å²) in [6, 6.07) is 0. The van der Waals surface area contributed by atoms with Gasteiger partial charge in [-0.1, -0.05) is 0 Å². The number of nitriles is 1. The maximum Gasteiger partial charge on any atom is 0.224 e. The van der Waals surface area contributed by atoms with E-state index in [1.54, 1.807) is 20.0 Å². The molecule has 0 aromatic heterocycles. The summed E-state index contributed by atoms with van der Waals surface area (Å²) in [5, 5.41) is 10.5. The Balaban J connectivity index is 3.90. The van der Waals surface area contributed by atoms with E-state index in [1.807, 2.05) is 0 Å². The van der Waals surface area contributed by atoms with Gasteiger partial charge in [-0.05, 0) is 13.8 Å². The lowest BCUT2D eigenvalue weighted by Gasteiger charge is -2.18. The van der Waals surface area contributed by atoms with Gasteiger partial charge in [0.25, 0.3) is 0 Å². The second-order valence-corrected chi connectivity index (χ2v) is 2.71. The summed E-state index contributed by atoms with van der Waals surface area (Å²) in [5.41, 5.74) is 4.38. The average molecular weight is 141 g/mol. The predicted octanol–water partition coefficient (Wildman–Crippen LogP) is -0.431. The van der Waals surface area contributed by atoms with Gasteiger partial charge in [0.2, 0.25) is 5.91 Å². The average Bonchev–Trinajstić information content (AvgIpc) is 1.84. The minimum absolute atomic E-state index is 0.291. The molecule has 4 nitrogen and oxygen atoms in total. The molecule has 0 aliphatic rings. The van der Waals surface area contributed by atoms with E-state index in [0.717, 1.165) is 0 Å². The van der Waals surface area contributed by atoms with Crippen molar-refractivity contribution >= 4 is 5.91 Å². The molecule has 0 radical (unpaired) electrons. The van der Waals surface area contributed by atoms with E-state index in [2.05, 4.69) is 5.32 Å².